The van der Waals surface area contributed by atoms with Crippen LogP contribution in [0.1, 0.15) is 32.3 Å². The first kappa shape index (κ1) is 11.9. The fraction of sp³-hybridized carbons (Fsp3) is 0.400. The predicted molar refractivity (Wildman–Crippen MR) is 71.5 cm³/mol. The normalized spacial score (nSPS) is 10.7. The van der Waals surface area contributed by atoms with Gasteiger partial charge in [0, 0.05) is 11.6 Å². The minimum absolute atomic E-state index is 0.693. The Balaban J connectivity index is 2.45. The van der Waals surface area contributed by atoms with Crippen molar-refractivity contribution in [2.75, 3.05) is 6.61 Å². The largest absolute Gasteiger partial charge is 0.493 e. The Morgan fingerprint density at radius 1 is 1.18 bits per heavy atom. The molecule has 0 fully saturated rings. The highest BCUT2D eigenvalue weighted by Crippen LogP contribution is 2.26. The molecule has 2 aromatic rings. The number of rotatable bonds is 5. The van der Waals surface area contributed by atoms with Crippen LogP contribution in [0.2, 0.25) is 0 Å². The molecule has 0 aliphatic carbocycles. The van der Waals surface area contributed by atoms with Gasteiger partial charge in [0.1, 0.15) is 5.75 Å². The second-order valence-corrected chi connectivity index (χ2v) is 4.16. The highest BCUT2D eigenvalue weighted by atomic mass is 16.5. The molecule has 0 radical (unpaired) electrons. The maximum Gasteiger partial charge on any atom is 0.130 e. The minimum atomic E-state index is 0.693. The van der Waals surface area contributed by atoms with E-state index in [1.165, 1.54) is 18.4 Å². The summed E-state index contributed by atoms with van der Waals surface area (Å²) in [5.41, 5.74) is 2.41. The number of aromatic nitrogens is 1. The molecule has 1 aromatic heterocycles. The molecule has 2 rings (SSSR count). The molecule has 2 nitrogen and oxygen atoms in total. The smallest absolute Gasteiger partial charge is 0.130 e. The molecule has 0 atom stereocenters. The maximum atomic E-state index is 5.64. The zero-order valence-corrected chi connectivity index (χ0v) is 10.6. The molecule has 2 heteroatoms. The molecule has 0 saturated heterocycles. The number of hydrogen-bond acceptors (Lipinski definition) is 2. The van der Waals surface area contributed by atoms with Gasteiger partial charge in [0.2, 0.25) is 0 Å². The lowest BCUT2D eigenvalue weighted by molar-refractivity contribution is 0.344. The second kappa shape index (κ2) is 5.67. The van der Waals surface area contributed by atoms with E-state index in [0.29, 0.717) is 6.61 Å². The van der Waals surface area contributed by atoms with Crippen LogP contribution in [-0.2, 0) is 6.42 Å². The molecule has 90 valence electrons. The number of para-hydroxylation sites is 1. The number of pyridine rings is 1. The number of unbranched alkanes of at least 4 members (excludes halogenated alkanes) is 1. The zero-order chi connectivity index (χ0) is 12.1. The van der Waals surface area contributed by atoms with E-state index in [9.17, 15) is 0 Å². The Labute approximate surface area is 103 Å². The Morgan fingerprint density at radius 3 is 2.82 bits per heavy atom. The molecule has 1 heterocycles. The van der Waals surface area contributed by atoms with E-state index in [1.807, 2.05) is 19.2 Å². The first-order chi connectivity index (χ1) is 8.36. The van der Waals surface area contributed by atoms with Crippen molar-refractivity contribution in [3.05, 3.63) is 36.0 Å². The molecule has 0 unspecified atom stereocenters. The van der Waals surface area contributed by atoms with E-state index in [-0.39, 0.29) is 0 Å². The van der Waals surface area contributed by atoms with Gasteiger partial charge >= 0.3 is 0 Å². The van der Waals surface area contributed by atoms with Gasteiger partial charge in [-0.3, -0.25) is 4.98 Å². The standard InChI is InChI=1S/C15H19NO/c1-3-5-7-12-8-6-9-13-14(17-4-2)10-11-16-15(12)13/h6,8-11H,3-5,7H2,1-2H3. The SMILES string of the molecule is CCCCc1cccc2c(OCC)ccnc12. The number of nitrogens with zero attached hydrogens (tertiary/aromatic N) is 1. The van der Waals surface area contributed by atoms with Crippen molar-refractivity contribution in [2.45, 2.75) is 33.1 Å². The Kier molecular flexibility index (Phi) is 3.97. The first-order valence-corrected chi connectivity index (χ1v) is 6.36. The summed E-state index contributed by atoms with van der Waals surface area (Å²) in [6, 6.07) is 8.29. The lowest BCUT2D eigenvalue weighted by atomic mass is 10.0. The van der Waals surface area contributed by atoms with E-state index in [2.05, 4.69) is 30.1 Å². The van der Waals surface area contributed by atoms with Crippen LogP contribution in [-0.4, -0.2) is 11.6 Å². The van der Waals surface area contributed by atoms with Gasteiger partial charge in [0.25, 0.3) is 0 Å². The van der Waals surface area contributed by atoms with Crippen LogP contribution in [0.5, 0.6) is 5.75 Å². The molecule has 0 bridgehead atoms. The summed E-state index contributed by atoms with van der Waals surface area (Å²) in [7, 11) is 0. The summed E-state index contributed by atoms with van der Waals surface area (Å²) in [5.74, 6) is 0.941. The quantitative estimate of drug-likeness (QED) is 0.773. The van der Waals surface area contributed by atoms with Gasteiger partial charge in [0.05, 0.1) is 12.1 Å². The van der Waals surface area contributed by atoms with Gasteiger partial charge in [-0.1, -0.05) is 25.5 Å². The van der Waals surface area contributed by atoms with Crippen LogP contribution in [0.15, 0.2) is 30.5 Å². The van der Waals surface area contributed by atoms with Crippen molar-refractivity contribution in [3.63, 3.8) is 0 Å². The van der Waals surface area contributed by atoms with Crippen molar-refractivity contribution in [2.24, 2.45) is 0 Å². The first-order valence-electron chi connectivity index (χ1n) is 6.36. The van der Waals surface area contributed by atoms with Crippen molar-refractivity contribution < 1.29 is 4.74 Å². The Bertz CT molecular complexity index is 493. The number of aryl methyl sites for hydroxylation is 1. The third kappa shape index (κ3) is 2.57. The van der Waals surface area contributed by atoms with Crippen molar-refractivity contribution >= 4 is 10.9 Å². The predicted octanol–water partition coefficient (Wildman–Crippen LogP) is 3.98. The molecule has 0 aliphatic rings. The van der Waals surface area contributed by atoms with E-state index in [1.54, 1.807) is 0 Å². The van der Waals surface area contributed by atoms with Gasteiger partial charge in [-0.15, -0.1) is 0 Å². The summed E-state index contributed by atoms with van der Waals surface area (Å²) >= 11 is 0. The number of fused-ring (bicyclic) bond motifs is 1. The van der Waals surface area contributed by atoms with Gasteiger partial charge in [-0.2, -0.15) is 0 Å². The van der Waals surface area contributed by atoms with E-state index >= 15 is 0 Å². The maximum absolute atomic E-state index is 5.64. The number of hydrogen-bond donors (Lipinski definition) is 0. The van der Waals surface area contributed by atoms with Crippen LogP contribution in [0.3, 0.4) is 0 Å². The highest BCUT2D eigenvalue weighted by molar-refractivity contribution is 5.87. The third-order valence-corrected chi connectivity index (χ3v) is 2.91. The van der Waals surface area contributed by atoms with Crippen LogP contribution < -0.4 is 4.74 Å². The van der Waals surface area contributed by atoms with Crippen molar-refractivity contribution in [3.8, 4) is 5.75 Å². The van der Waals surface area contributed by atoms with Gasteiger partial charge < -0.3 is 4.74 Å². The average molecular weight is 229 g/mol. The van der Waals surface area contributed by atoms with E-state index in [4.69, 9.17) is 4.74 Å². The summed E-state index contributed by atoms with van der Waals surface area (Å²) in [6.07, 6.45) is 5.35. The van der Waals surface area contributed by atoms with Crippen molar-refractivity contribution in [1.29, 1.82) is 0 Å². The number of ether oxygens (including phenoxy) is 1. The van der Waals surface area contributed by atoms with Gasteiger partial charge in [-0.05, 0) is 37.5 Å². The minimum Gasteiger partial charge on any atom is -0.493 e. The molecule has 1 aromatic carbocycles. The molecule has 17 heavy (non-hydrogen) atoms. The molecular weight excluding hydrogens is 210 g/mol. The highest BCUT2D eigenvalue weighted by Gasteiger charge is 2.06. The Morgan fingerprint density at radius 2 is 2.06 bits per heavy atom. The summed E-state index contributed by atoms with van der Waals surface area (Å²) in [4.78, 5) is 4.50. The fourth-order valence-electron chi connectivity index (χ4n) is 2.06. The number of benzene rings is 1. The van der Waals surface area contributed by atoms with Gasteiger partial charge in [-0.25, -0.2) is 0 Å². The zero-order valence-electron chi connectivity index (χ0n) is 10.6. The van der Waals surface area contributed by atoms with Crippen molar-refractivity contribution in [1.82, 2.24) is 4.98 Å². The van der Waals surface area contributed by atoms with Gasteiger partial charge in [0.15, 0.2) is 0 Å². The molecule has 0 spiro atoms. The van der Waals surface area contributed by atoms with Crippen LogP contribution >= 0.6 is 0 Å². The second-order valence-electron chi connectivity index (χ2n) is 4.16. The lowest BCUT2D eigenvalue weighted by Crippen LogP contribution is -1.95. The lowest BCUT2D eigenvalue weighted by Gasteiger charge is -2.09. The third-order valence-electron chi connectivity index (χ3n) is 2.91. The molecular formula is C15H19NO. The van der Waals surface area contributed by atoms with Crippen LogP contribution in [0.25, 0.3) is 10.9 Å². The molecule has 0 saturated carbocycles. The monoisotopic (exact) mass is 229 g/mol. The summed E-state index contributed by atoms with van der Waals surface area (Å²) in [6.45, 7) is 4.91. The van der Waals surface area contributed by atoms with E-state index in [0.717, 1.165) is 23.1 Å². The summed E-state index contributed by atoms with van der Waals surface area (Å²) in [5, 5.41) is 1.13. The summed E-state index contributed by atoms with van der Waals surface area (Å²) < 4.78 is 5.64. The Hall–Kier alpha value is -1.57. The van der Waals surface area contributed by atoms with Crippen LogP contribution in [0.4, 0.5) is 0 Å². The molecule has 0 N–H and O–H groups in total. The topological polar surface area (TPSA) is 22.1 Å². The van der Waals surface area contributed by atoms with E-state index < -0.39 is 0 Å². The fourth-order valence-corrected chi connectivity index (χ4v) is 2.06. The molecule has 0 aliphatic heterocycles. The molecule has 0 amide bonds. The average Bonchev–Trinajstić information content (AvgIpc) is 2.37. The van der Waals surface area contributed by atoms with Crippen LogP contribution in [0, 0.1) is 0 Å².